The molecule has 2 aromatic rings. The molecule has 2 rings (SSSR count). The predicted octanol–water partition coefficient (Wildman–Crippen LogP) is 3.88. The van der Waals surface area contributed by atoms with Gasteiger partial charge in [0.05, 0.1) is 5.56 Å². The number of hydrogen-bond donors (Lipinski definition) is 0. The first kappa shape index (κ1) is 14.8. The maximum absolute atomic E-state index is 12.4. The van der Waals surface area contributed by atoms with Crippen LogP contribution >= 0.6 is 0 Å². The van der Waals surface area contributed by atoms with Crippen LogP contribution in [0.2, 0.25) is 0 Å². The van der Waals surface area contributed by atoms with Gasteiger partial charge >= 0.3 is 0 Å². The van der Waals surface area contributed by atoms with Crippen molar-refractivity contribution in [1.29, 1.82) is 0 Å². The molecular formula is C13H7F5O. The monoisotopic (exact) mass is 274 g/mol. The van der Waals surface area contributed by atoms with Crippen LogP contribution in [0.5, 0.6) is 0 Å². The molecule has 0 fully saturated rings. The van der Waals surface area contributed by atoms with Crippen LogP contribution in [0.3, 0.4) is 0 Å². The molecule has 0 amide bonds. The average Bonchev–Trinajstić information content (AvgIpc) is 2.35. The van der Waals surface area contributed by atoms with Crippen LogP contribution in [0.4, 0.5) is 22.0 Å². The Kier molecular flexibility index (Phi) is 5.17. The fourth-order valence-corrected chi connectivity index (χ4v) is 1.11. The van der Waals surface area contributed by atoms with E-state index >= 15 is 0 Å². The van der Waals surface area contributed by atoms with E-state index in [0.717, 1.165) is 6.07 Å². The van der Waals surface area contributed by atoms with Gasteiger partial charge in [-0.1, -0.05) is 6.07 Å². The Morgan fingerprint density at radius 1 is 0.789 bits per heavy atom. The van der Waals surface area contributed by atoms with Gasteiger partial charge in [-0.25, -0.2) is 22.0 Å². The summed E-state index contributed by atoms with van der Waals surface area (Å²) in [7, 11) is 0. The maximum Gasteiger partial charge on any atom is 0.172 e. The van der Waals surface area contributed by atoms with Crippen molar-refractivity contribution in [2.75, 3.05) is 0 Å². The second-order valence-corrected chi connectivity index (χ2v) is 3.31. The van der Waals surface area contributed by atoms with Gasteiger partial charge in [0, 0.05) is 6.07 Å². The highest BCUT2D eigenvalue weighted by Crippen LogP contribution is 2.12. The molecule has 100 valence electrons. The molecule has 0 spiro atoms. The first-order valence-corrected chi connectivity index (χ1v) is 4.95. The number of aldehydes is 1. The van der Waals surface area contributed by atoms with Gasteiger partial charge in [-0.2, -0.15) is 0 Å². The molecule has 0 aromatic heterocycles. The molecular weight excluding hydrogens is 267 g/mol. The van der Waals surface area contributed by atoms with Crippen molar-refractivity contribution in [3.05, 3.63) is 71.0 Å². The van der Waals surface area contributed by atoms with Crippen LogP contribution < -0.4 is 0 Å². The minimum atomic E-state index is -1.44. The van der Waals surface area contributed by atoms with E-state index in [1.165, 1.54) is 18.2 Å². The van der Waals surface area contributed by atoms with Crippen molar-refractivity contribution in [1.82, 2.24) is 0 Å². The highest BCUT2D eigenvalue weighted by atomic mass is 19.2. The summed E-state index contributed by atoms with van der Waals surface area (Å²) in [5.74, 6) is -4.80. The second kappa shape index (κ2) is 6.63. The first-order valence-electron chi connectivity index (χ1n) is 4.95. The lowest BCUT2D eigenvalue weighted by Crippen LogP contribution is -1.96. The molecule has 0 radical (unpaired) electrons. The third-order valence-electron chi connectivity index (χ3n) is 1.98. The van der Waals surface area contributed by atoms with Crippen LogP contribution in [0, 0.1) is 29.1 Å². The standard InChI is InChI=1S/C7H3F3O.C6H4F2/c8-5-1-2-6(9)7(10)4(5)3-11;7-5-2-1-3-6(8)4-5/h1-3H;1-4H. The zero-order valence-corrected chi connectivity index (χ0v) is 9.34. The number of benzene rings is 2. The maximum atomic E-state index is 12.4. The van der Waals surface area contributed by atoms with E-state index in [1.807, 2.05) is 0 Å². The number of halogens is 5. The van der Waals surface area contributed by atoms with Crippen LogP contribution in [0.1, 0.15) is 10.4 Å². The van der Waals surface area contributed by atoms with E-state index < -0.39 is 34.6 Å². The molecule has 6 heteroatoms. The molecule has 19 heavy (non-hydrogen) atoms. The van der Waals surface area contributed by atoms with E-state index in [2.05, 4.69) is 0 Å². The van der Waals surface area contributed by atoms with Crippen molar-refractivity contribution in [2.24, 2.45) is 0 Å². The largest absolute Gasteiger partial charge is 0.298 e. The zero-order valence-electron chi connectivity index (χ0n) is 9.34. The summed E-state index contributed by atoms with van der Waals surface area (Å²) < 4.78 is 60.9. The van der Waals surface area contributed by atoms with Crippen molar-refractivity contribution in [2.45, 2.75) is 0 Å². The summed E-state index contributed by atoms with van der Waals surface area (Å²) in [6.07, 6.45) is -0.0618. The van der Waals surface area contributed by atoms with Crippen LogP contribution in [0.25, 0.3) is 0 Å². The fourth-order valence-electron chi connectivity index (χ4n) is 1.11. The lowest BCUT2D eigenvalue weighted by Gasteiger charge is -1.96. The molecule has 0 atom stereocenters. The summed E-state index contributed by atoms with van der Waals surface area (Å²) in [5.41, 5.74) is -0.870. The molecule has 0 saturated carbocycles. The Morgan fingerprint density at radius 2 is 1.32 bits per heavy atom. The Bertz CT molecular complexity index is 566. The van der Waals surface area contributed by atoms with E-state index in [9.17, 15) is 26.7 Å². The van der Waals surface area contributed by atoms with Gasteiger partial charge in [0.25, 0.3) is 0 Å². The van der Waals surface area contributed by atoms with Crippen molar-refractivity contribution in [3.8, 4) is 0 Å². The Labute approximate surface area is 105 Å². The Hall–Kier alpha value is -2.24. The fraction of sp³-hybridized carbons (Fsp3) is 0. The van der Waals surface area contributed by atoms with E-state index in [1.54, 1.807) is 0 Å². The van der Waals surface area contributed by atoms with Gasteiger partial charge < -0.3 is 0 Å². The topological polar surface area (TPSA) is 17.1 Å². The summed E-state index contributed by atoms with van der Waals surface area (Å²) in [5, 5.41) is 0. The third-order valence-corrected chi connectivity index (χ3v) is 1.98. The van der Waals surface area contributed by atoms with Gasteiger partial charge in [-0.05, 0) is 24.3 Å². The third kappa shape index (κ3) is 4.17. The van der Waals surface area contributed by atoms with Gasteiger partial charge in [-0.15, -0.1) is 0 Å². The molecule has 0 aliphatic rings. The molecule has 0 unspecified atom stereocenters. The van der Waals surface area contributed by atoms with Crippen molar-refractivity contribution >= 4 is 6.29 Å². The van der Waals surface area contributed by atoms with Gasteiger partial charge in [0.2, 0.25) is 0 Å². The molecule has 0 saturated heterocycles. The van der Waals surface area contributed by atoms with Crippen LogP contribution in [0.15, 0.2) is 36.4 Å². The molecule has 0 aliphatic heterocycles. The first-order chi connectivity index (χ1) is 8.95. The van der Waals surface area contributed by atoms with Crippen molar-refractivity contribution in [3.63, 3.8) is 0 Å². The summed E-state index contributed by atoms with van der Waals surface area (Å²) in [6, 6.07) is 5.87. The molecule has 0 N–H and O–H groups in total. The minimum Gasteiger partial charge on any atom is -0.298 e. The van der Waals surface area contributed by atoms with E-state index in [4.69, 9.17) is 0 Å². The van der Waals surface area contributed by atoms with Gasteiger partial charge in [-0.3, -0.25) is 4.79 Å². The molecule has 1 nitrogen and oxygen atoms in total. The summed E-state index contributed by atoms with van der Waals surface area (Å²) in [6.45, 7) is 0. The number of rotatable bonds is 1. The number of hydrogen-bond acceptors (Lipinski definition) is 1. The highest BCUT2D eigenvalue weighted by molar-refractivity contribution is 5.75. The predicted molar refractivity (Wildman–Crippen MR) is 58.1 cm³/mol. The molecule has 0 aliphatic carbocycles. The quantitative estimate of drug-likeness (QED) is 0.438. The molecule has 0 heterocycles. The summed E-state index contributed by atoms with van der Waals surface area (Å²) >= 11 is 0. The smallest absolute Gasteiger partial charge is 0.172 e. The van der Waals surface area contributed by atoms with Gasteiger partial charge in [0.15, 0.2) is 17.9 Å². The van der Waals surface area contributed by atoms with Crippen LogP contribution in [-0.4, -0.2) is 6.29 Å². The summed E-state index contributed by atoms with van der Waals surface area (Å²) in [4.78, 5) is 9.95. The molecule has 0 bridgehead atoms. The van der Waals surface area contributed by atoms with Gasteiger partial charge in [0.1, 0.15) is 17.5 Å². The zero-order chi connectivity index (χ0) is 14.4. The highest BCUT2D eigenvalue weighted by Gasteiger charge is 2.11. The van der Waals surface area contributed by atoms with Crippen LogP contribution in [-0.2, 0) is 0 Å². The number of carbonyl (C=O) groups excluding carboxylic acids is 1. The second-order valence-electron chi connectivity index (χ2n) is 3.31. The Morgan fingerprint density at radius 3 is 1.68 bits per heavy atom. The molecule has 2 aromatic carbocycles. The van der Waals surface area contributed by atoms with E-state index in [0.29, 0.717) is 12.1 Å². The average molecular weight is 274 g/mol. The SMILES string of the molecule is Fc1cccc(F)c1.O=Cc1c(F)ccc(F)c1F. The lowest BCUT2D eigenvalue weighted by molar-refractivity contribution is 0.111. The number of carbonyl (C=O) groups is 1. The normalized spacial score (nSPS) is 9.53. The Balaban J connectivity index is 0.000000200. The van der Waals surface area contributed by atoms with Crippen molar-refractivity contribution < 1.29 is 26.7 Å². The lowest BCUT2D eigenvalue weighted by atomic mass is 10.2. The minimum absolute atomic E-state index is 0.0618. The van der Waals surface area contributed by atoms with E-state index in [-0.39, 0.29) is 6.29 Å².